The summed E-state index contributed by atoms with van der Waals surface area (Å²) in [6.45, 7) is 1.39. The maximum absolute atomic E-state index is 13.0. The number of amides is 2. The van der Waals surface area contributed by atoms with Crippen LogP contribution in [0.1, 0.15) is 42.7 Å². The standard InChI is InChI=1S/C28H30N2O5/c31-26(30-13-22-23(14-30)25(22)27(32)33)16-6-5-7-17(12-16)29-28(34)35-15-24-20-10-3-1-8-18(20)19-9-2-4-11-21(19)24/h1-4,8-11,16-17,22-25H,5-7,12-15H2,(H,29,34)(H,32,33)/t16-,17+,22-,23+,25?/m1/s1. The number of carboxylic acid groups (broad SMARTS) is 1. The molecule has 3 fully saturated rings. The maximum Gasteiger partial charge on any atom is 0.407 e. The van der Waals surface area contributed by atoms with E-state index in [0.717, 1.165) is 19.3 Å². The van der Waals surface area contributed by atoms with Crippen LogP contribution in [0.4, 0.5) is 4.79 Å². The second-order valence-electron chi connectivity index (χ2n) is 10.5. The number of fused-ring (bicyclic) bond motifs is 4. The summed E-state index contributed by atoms with van der Waals surface area (Å²) < 4.78 is 5.69. The van der Waals surface area contributed by atoms with E-state index in [4.69, 9.17) is 4.74 Å². The summed E-state index contributed by atoms with van der Waals surface area (Å²) in [6.07, 6.45) is 2.70. The Balaban J connectivity index is 1.02. The molecule has 4 aliphatic rings. The van der Waals surface area contributed by atoms with E-state index in [1.54, 1.807) is 0 Å². The molecule has 0 bridgehead atoms. The Kier molecular flexibility index (Phi) is 5.50. The summed E-state index contributed by atoms with van der Waals surface area (Å²) >= 11 is 0. The summed E-state index contributed by atoms with van der Waals surface area (Å²) in [4.78, 5) is 38.8. The average Bonchev–Trinajstić information content (AvgIpc) is 3.22. The third-order valence-corrected chi connectivity index (χ3v) is 8.48. The molecular weight excluding hydrogens is 444 g/mol. The third kappa shape index (κ3) is 3.97. The van der Waals surface area contributed by atoms with Gasteiger partial charge in [-0.1, -0.05) is 55.0 Å². The largest absolute Gasteiger partial charge is 0.481 e. The van der Waals surface area contributed by atoms with Gasteiger partial charge in [0, 0.05) is 31.0 Å². The molecule has 0 aromatic heterocycles. The van der Waals surface area contributed by atoms with E-state index in [1.807, 2.05) is 29.2 Å². The Morgan fingerprint density at radius 2 is 1.57 bits per heavy atom. The average molecular weight is 475 g/mol. The number of ether oxygens (including phenoxy) is 1. The minimum Gasteiger partial charge on any atom is -0.481 e. The van der Waals surface area contributed by atoms with Gasteiger partial charge in [-0.15, -0.1) is 0 Å². The predicted octanol–water partition coefficient (Wildman–Crippen LogP) is 3.87. The highest BCUT2D eigenvalue weighted by atomic mass is 16.5. The number of aliphatic carboxylic acids is 1. The van der Waals surface area contributed by atoms with E-state index in [0.29, 0.717) is 19.5 Å². The lowest BCUT2D eigenvalue weighted by molar-refractivity contribution is -0.142. The molecule has 7 heteroatoms. The van der Waals surface area contributed by atoms with Gasteiger partial charge in [0.05, 0.1) is 5.92 Å². The Morgan fingerprint density at radius 3 is 2.20 bits per heavy atom. The van der Waals surface area contributed by atoms with Crippen LogP contribution < -0.4 is 5.32 Å². The number of hydrogen-bond donors (Lipinski definition) is 2. The van der Waals surface area contributed by atoms with Crippen molar-refractivity contribution in [3.63, 3.8) is 0 Å². The van der Waals surface area contributed by atoms with E-state index < -0.39 is 12.1 Å². The minimum absolute atomic E-state index is 0.0186. The zero-order valence-corrected chi connectivity index (χ0v) is 19.6. The summed E-state index contributed by atoms with van der Waals surface area (Å²) in [5.41, 5.74) is 4.75. The quantitative estimate of drug-likeness (QED) is 0.686. The number of carbonyl (C=O) groups is 3. The van der Waals surface area contributed by atoms with Crippen LogP contribution in [-0.2, 0) is 14.3 Å². The number of piperidine rings is 1. The van der Waals surface area contributed by atoms with Crippen molar-refractivity contribution in [2.24, 2.45) is 23.7 Å². The Hall–Kier alpha value is -3.35. The Labute approximate surface area is 204 Å². The maximum atomic E-state index is 13.0. The minimum atomic E-state index is -0.739. The topological polar surface area (TPSA) is 95.9 Å². The van der Waals surface area contributed by atoms with Crippen LogP contribution in [0.15, 0.2) is 48.5 Å². The molecule has 1 aliphatic heterocycles. The number of likely N-dealkylation sites (tertiary alicyclic amines) is 1. The van der Waals surface area contributed by atoms with Crippen molar-refractivity contribution in [3.8, 4) is 11.1 Å². The van der Waals surface area contributed by atoms with Crippen molar-refractivity contribution < 1.29 is 24.2 Å². The lowest BCUT2D eigenvalue weighted by atomic mass is 9.84. The third-order valence-electron chi connectivity index (χ3n) is 8.48. The van der Waals surface area contributed by atoms with E-state index >= 15 is 0 Å². The van der Waals surface area contributed by atoms with Crippen LogP contribution in [-0.4, -0.2) is 53.7 Å². The summed E-state index contributed by atoms with van der Waals surface area (Å²) in [7, 11) is 0. The zero-order chi connectivity index (χ0) is 24.1. The zero-order valence-electron chi connectivity index (χ0n) is 19.6. The van der Waals surface area contributed by atoms with Crippen molar-refractivity contribution in [2.75, 3.05) is 19.7 Å². The first-order valence-electron chi connectivity index (χ1n) is 12.6. The molecule has 0 radical (unpaired) electrons. The van der Waals surface area contributed by atoms with Crippen molar-refractivity contribution in [3.05, 3.63) is 59.7 Å². The number of alkyl carbamates (subject to hydrolysis) is 1. The van der Waals surface area contributed by atoms with Gasteiger partial charge in [0.25, 0.3) is 0 Å². The SMILES string of the molecule is O=C(N[C@H]1CCC[C@@H](C(=O)N2C[C@@H]3C(C(=O)O)[C@@H]3C2)C1)OCC1c2ccccc2-c2ccccc21. The van der Waals surface area contributed by atoms with Crippen molar-refractivity contribution in [2.45, 2.75) is 37.6 Å². The lowest BCUT2D eigenvalue weighted by Gasteiger charge is -2.32. The number of nitrogens with zero attached hydrogens (tertiary/aromatic N) is 1. The highest BCUT2D eigenvalue weighted by Crippen LogP contribution is 2.52. The normalized spacial score (nSPS) is 28.6. The number of rotatable bonds is 5. The molecule has 1 unspecified atom stereocenters. The van der Waals surface area contributed by atoms with Gasteiger partial charge < -0.3 is 20.1 Å². The van der Waals surface area contributed by atoms with Gasteiger partial charge >= 0.3 is 12.1 Å². The fourth-order valence-electron chi connectivity index (χ4n) is 6.68. The van der Waals surface area contributed by atoms with Gasteiger partial charge in [-0.2, -0.15) is 0 Å². The first-order valence-corrected chi connectivity index (χ1v) is 12.6. The molecule has 3 aliphatic carbocycles. The van der Waals surface area contributed by atoms with Crippen LogP contribution in [0, 0.1) is 23.7 Å². The number of carboxylic acids is 1. The van der Waals surface area contributed by atoms with Crippen LogP contribution in [0.3, 0.4) is 0 Å². The summed E-state index contributed by atoms with van der Waals surface area (Å²) in [6, 6.07) is 16.4. The number of hydrogen-bond acceptors (Lipinski definition) is 4. The Bertz CT molecular complexity index is 1120. The molecule has 1 heterocycles. The van der Waals surface area contributed by atoms with Gasteiger partial charge in [0.1, 0.15) is 6.61 Å². The molecule has 2 aromatic carbocycles. The second kappa shape index (κ2) is 8.70. The molecule has 182 valence electrons. The molecule has 2 saturated carbocycles. The molecule has 5 atom stereocenters. The first kappa shape index (κ1) is 22.1. The van der Waals surface area contributed by atoms with Crippen molar-refractivity contribution in [1.29, 1.82) is 0 Å². The van der Waals surface area contributed by atoms with Crippen LogP contribution in [0.5, 0.6) is 0 Å². The fourth-order valence-corrected chi connectivity index (χ4v) is 6.68. The van der Waals surface area contributed by atoms with E-state index in [-0.39, 0.29) is 48.1 Å². The number of nitrogens with one attached hydrogen (secondary N) is 1. The van der Waals surface area contributed by atoms with Gasteiger partial charge in [-0.05, 0) is 53.4 Å². The van der Waals surface area contributed by atoms with Gasteiger partial charge in [0.15, 0.2) is 0 Å². The number of carbonyl (C=O) groups excluding carboxylic acids is 2. The molecule has 2 N–H and O–H groups in total. The van der Waals surface area contributed by atoms with Gasteiger partial charge in [-0.3, -0.25) is 9.59 Å². The lowest BCUT2D eigenvalue weighted by Crippen LogP contribution is -2.44. The number of benzene rings is 2. The molecule has 2 aromatic rings. The van der Waals surface area contributed by atoms with Crippen LogP contribution in [0.2, 0.25) is 0 Å². The second-order valence-corrected chi connectivity index (χ2v) is 10.5. The van der Waals surface area contributed by atoms with Gasteiger partial charge in [-0.25, -0.2) is 4.79 Å². The molecule has 1 saturated heterocycles. The molecule has 0 spiro atoms. The first-order chi connectivity index (χ1) is 17.0. The van der Waals surface area contributed by atoms with E-state index in [1.165, 1.54) is 22.3 Å². The Morgan fingerprint density at radius 1 is 0.943 bits per heavy atom. The smallest absolute Gasteiger partial charge is 0.407 e. The molecule has 7 nitrogen and oxygen atoms in total. The van der Waals surface area contributed by atoms with E-state index in [9.17, 15) is 19.5 Å². The predicted molar refractivity (Wildman–Crippen MR) is 129 cm³/mol. The molecule has 35 heavy (non-hydrogen) atoms. The summed E-state index contributed by atoms with van der Waals surface area (Å²) in [5, 5.41) is 12.2. The fraction of sp³-hybridized carbons (Fsp3) is 0.464. The van der Waals surface area contributed by atoms with E-state index in [2.05, 4.69) is 29.6 Å². The van der Waals surface area contributed by atoms with Crippen molar-refractivity contribution >= 4 is 18.0 Å². The molecular formula is C28H30N2O5. The van der Waals surface area contributed by atoms with Crippen LogP contribution >= 0.6 is 0 Å². The van der Waals surface area contributed by atoms with Crippen molar-refractivity contribution in [1.82, 2.24) is 10.2 Å². The summed E-state index contributed by atoms with van der Waals surface area (Å²) in [5.74, 6) is -0.760. The monoisotopic (exact) mass is 474 g/mol. The van der Waals surface area contributed by atoms with Gasteiger partial charge in [0.2, 0.25) is 5.91 Å². The highest BCUT2D eigenvalue weighted by molar-refractivity contribution is 5.82. The molecule has 2 amide bonds. The highest BCUT2D eigenvalue weighted by Gasteiger charge is 2.60. The molecule has 6 rings (SSSR count). The van der Waals surface area contributed by atoms with Crippen LogP contribution in [0.25, 0.3) is 11.1 Å².